The number of nitro groups is 1. The number of hydrogen-bond donors (Lipinski definition) is 0. The number of nitrogens with zero attached hydrogens (tertiary/aromatic N) is 3. The molecule has 0 radical (unpaired) electrons. The van der Waals surface area contributed by atoms with Crippen molar-refractivity contribution in [2.75, 3.05) is 5.75 Å². The maximum Gasteiger partial charge on any atom is 0.270 e. The number of Topliss-reactive ketones (excluding diaryl/α,β-unsaturated/α-hetero) is 1. The van der Waals surface area contributed by atoms with Crippen LogP contribution in [-0.4, -0.2) is 26.0 Å². The van der Waals surface area contributed by atoms with Crippen molar-refractivity contribution < 1.29 is 9.72 Å². The zero-order chi connectivity index (χ0) is 20.4. The number of carbonyl (C=O) groups is 1. The number of benzene rings is 2. The first-order valence-electron chi connectivity index (χ1n) is 9.46. The monoisotopic (exact) mass is 409 g/mol. The van der Waals surface area contributed by atoms with Gasteiger partial charge < -0.3 is 0 Å². The SMILES string of the molecule is O=C(CSc1nc2ccccc2c(=O)n1C1CCCC1)c1cccc([N+](=O)[O-])c1. The van der Waals surface area contributed by atoms with E-state index in [4.69, 9.17) is 0 Å². The average Bonchev–Trinajstić information content (AvgIpc) is 3.26. The summed E-state index contributed by atoms with van der Waals surface area (Å²) >= 11 is 1.21. The van der Waals surface area contributed by atoms with Crippen molar-refractivity contribution >= 4 is 34.1 Å². The Balaban J connectivity index is 1.66. The van der Waals surface area contributed by atoms with Crippen LogP contribution >= 0.6 is 11.8 Å². The number of hydrogen-bond acceptors (Lipinski definition) is 6. The molecule has 0 spiro atoms. The van der Waals surface area contributed by atoms with Crippen LogP contribution in [0.4, 0.5) is 5.69 Å². The lowest BCUT2D eigenvalue weighted by Gasteiger charge is -2.18. The molecule has 1 aromatic heterocycles. The highest BCUT2D eigenvalue weighted by Crippen LogP contribution is 2.32. The molecule has 0 atom stereocenters. The van der Waals surface area contributed by atoms with Gasteiger partial charge in [-0.05, 0) is 25.0 Å². The molecule has 7 nitrogen and oxygen atoms in total. The molecule has 1 aliphatic rings. The van der Waals surface area contributed by atoms with Crippen LogP contribution in [0.1, 0.15) is 42.1 Å². The molecule has 1 fully saturated rings. The summed E-state index contributed by atoms with van der Waals surface area (Å²) < 4.78 is 1.74. The van der Waals surface area contributed by atoms with Gasteiger partial charge in [-0.2, -0.15) is 0 Å². The Morgan fingerprint density at radius 2 is 1.93 bits per heavy atom. The number of non-ortho nitro benzene ring substituents is 1. The Kier molecular flexibility index (Phi) is 5.44. The Morgan fingerprint density at radius 3 is 2.69 bits per heavy atom. The lowest BCUT2D eigenvalue weighted by atomic mass is 10.1. The van der Waals surface area contributed by atoms with Crippen molar-refractivity contribution in [3.63, 3.8) is 0 Å². The highest BCUT2D eigenvalue weighted by molar-refractivity contribution is 7.99. The van der Waals surface area contributed by atoms with Gasteiger partial charge in [-0.25, -0.2) is 4.98 Å². The van der Waals surface area contributed by atoms with Crippen molar-refractivity contribution in [2.45, 2.75) is 36.9 Å². The van der Waals surface area contributed by atoms with Crippen LogP contribution in [0.5, 0.6) is 0 Å². The Morgan fingerprint density at radius 1 is 1.17 bits per heavy atom. The molecular weight excluding hydrogens is 390 g/mol. The molecular formula is C21H19N3O4S. The predicted molar refractivity (Wildman–Crippen MR) is 112 cm³/mol. The van der Waals surface area contributed by atoms with Gasteiger partial charge in [-0.15, -0.1) is 0 Å². The van der Waals surface area contributed by atoms with Crippen LogP contribution in [0.15, 0.2) is 58.5 Å². The maximum atomic E-state index is 13.1. The van der Waals surface area contributed by atoms with Crippen LogP contribution in [-0.2, 0) is 0 Å². The molecule has 3 aromatic rings. The van der Waals surface area contributed by atoms with E-state index >= 15 is 0 Å². The molecule has 148 valence electrons. The lowest BCUT2D eigenvalue weighted by Crippen LogP contribution is -2.26. The van der Waals surface area contributed by atoms with Gasteiger partial charge in [0, 0.05) is 23.7 Å². The van der Waals surface area contributed by atoms with Gasteiger partial charge in [-0.3, -0.25) is 24.3 Å². The molecule has 0 N–H and O–H groups in total. The zero-order valence-electron chi connectivity index (χ0n) is 15.6. The fraction of sp³-hybridized carbons (Fsp3) is 0.286. The summed E-state index contributed by atoms with van der Waals surface area (Å²) in [5, 5.41) is 12.1. The number of carbonyl (C=O) groups excluding carboxylic acids is 1. The number of para-hydroxylation sites is 1. The summed E-state index contributed by atoms with van der Waals surface area (Å²) in [5.41, 5.74) is 0.694. The highest BCUT2D eigenvalue weighted by Gasteiger charge is 2.23. The summed E-state index contributed by atoms with van der Waals surface area (Å²) in [6.45, 7) is 0. The van der Waals surface area contributed by atoms with E-state index in [1.165, 1.54) is 30.0 Å². The zero-order valence-corrected chi connectivity index (χ0v) is 16.4. The summed E-state index contributed by atoms with van der Waals surface area (Å²) in [7, 11) is 0. The van der Waals surface area contributed by atoms with Gasteiger partial charge in [0.15, 0.2) is 10.9 Å². The Labute approximate surface area is 170 Å². The van der Waals surface area contributed by atoms with Crippen molar-refractivity contribution in [1.29, 1.82) is 0 Å². The second-order valence-corrected chi connectivity index (χ2v) is 7.99. The molecule has 0 amide bonds. The van der Waals surface area contributed by atoms with Crippen LogP contribution in [0, 0.1) is 10.1 Å². The summed E-state index contributed by atoms with van der Waals surface area (Å²) in [6.07, 6.45) is 3.99. The smallest absolute Gasteiger partial charge is 0.270 e. The first kappa shape index (κ1) is 19.3. The molecule has 29 heavy (non-hydrogen) atoms. The van der Waals surface area contributed by atoms with Gasteiger partial charge in [0.25, 0.3) is 11.2 Å². The van der Waals surface area contributed by atoms with Crippen molar-refractivity contribution in [1.82, 2.24) is 9.55 Å². The number of ketones is 1. The molecule has 0 saturated heterocycles. The normalized spacial score (nSPS) is 14.3. The molecule has 1 saturated carbocycles. The minimum Gasteiger partial charge on any atom is -0.293 e. The topological polar surface area (TPSA) is 95.1 Å². The van der Waals surface area contributed by atoms with E-state index in [9.17, 15) is 19.7 Å². The maximum absolute atomic E-state index is 13.1. The summed E-state index contributed by atoms with van der Waals surface area (Å²) in [6, 6.07) is 13.0. The van der Waals surface area contributed by atoms with Crippen LogP contribution < -0.4 is 5.56 Å². The highest BCUT2D eigenvalue weighted by atomic mass is 32.2. The first-order chi connectivity index (χ1) is 14.0. The number of nitro benzene ring substituents is 1. The summed E-state index contributed by atoms with van der Waals surface area (Å²) in [4.78, 5) is 40.8. The second kappa shape index (κ2) is 8.16. The molecule has 1 heterocycles. The third-order valence-electron chi connectivity index (χ3n) is 5.18. The van der Waals surface area contributed by atoms with E-state index in [0.717, 1.165) is 25.7 Å². The van der Waals surface area contributed by atoms with Crippen molar-refractivity contribution in [2.24, 2.45) is 0 Å². The first-order valence-corrected chi connectivity index (χ1v) is 10.4. The fourth-order valence-corrected chi connectivity index (χ4v) is 4.68. The van der Waals surface area contributed by atoms with E-state index in [-0.39, 0.29) is 34.4 Å². The predicted octanol–water partition coefficient (Wildman–Crippen LogP) is 4.39. The molecule has 4 rings (SSSR count). The van der Waals surface area contributed by atoms with E-state index < -0.39 is 4.92 Å². The third-order valence-corrected chi connectivity index (χ3v) is 6.13. The Bertz CT molecular complexity index is 1150. The van der Waals surface area contributed by atoms with Crippen molar-refractivity contribution in [3.8, 4) is 0 Å². The molecule has 2 aromatic carbocycles. The molecule has 1 aliphatic carbocycles. The van der Waals surface area contributed by atoms with Gasteiger partial charge >= 0.3 is 0 Å². The van der Waals surface area contributed by atoms with Crippen LogP contribution in [0.3, 0.4) is 0 Å². The molecule has 0 unspecified atom stereocenters. The number of fused-ring (bicyclic) bond motifs is 1. The van der Waals surface area contributed by atoms with Gasteiger partial charge in [-0.1, -0.05) is 48.9 Å². The quantitative estimate of drug-likeness (QED) is 0.197. The number of thioether (sulfide) groups is 1. The largest absolute Gasteiger partial charge is 0.293 e. The molecule has 0 bridgehead atoms. The Hall–Kier alpha value is -3.00. The van der Waals surface area contributed by atoms with Crippen LogP contribution in [0.2, 0.25) is 0 Å². The second-order valence-electron chi connectivity index (χ2n) is 7.04. The standard InChI is InChI=1S/C21H19N3O4S/c25-19(14-6-5-9-16(12-14)24(27)28)13-29-21-22-18-11-4-3-10-17(18)20(26)23(21)15-7-1-2-8-15/h3-6,9-12,15H,1-2,7-8,13H2. The lowest BCUT2D eigenvalue weighted by molar-refractivity contribution is -0.384. The molecule has 8 heteroatoms. The third kappa shape index (κ3) is 3.93. The van der Waals surface area contributed by atoms with E-state index in [1.807, 2.05) is 12.1 Å². The molecule has 0 aliphatic heterocycles. The van der Waals surface area contributed by atoms with Gasteiger partial charge in [0.05, 0.1) is 21.6 Å². The van der Waals surface area contributed by atoms with E-state index in [1.54, 1.807) is 22.8 Å². The minimum absolute atomic E-state index is 0.0542. The minimum atomic E-state index is -0.521. The van der Waals surface area contributed by atoms with Crippen molar-refractivity contribution in [3.05, 3.63) is 74.6 Å². The number of rotatable bonds is 6. The fourth-order valence-electron chi connectivity index (χ4n) is 3.72. The average molecular weight is 409 g/mol. The number of aromatic nitrogens is 2. The summed E-state index contributed by atoms with van der Waals surface area (Å²) in [5.74, 6) is -0.183. The van der Waals surface area contributed by atoms with E-state index in [0.29, 0.717) is 16.1 Å². The van der Waals surface area contributed by atoms with Gasteiger partial charge in [0.1, 0.15) is 0 Å². The van der Waals surface area contributed by atoms with Crippen LogP contribution in [0.25, 0.3) is 10.9 Å². The van der Waals surface area contributed by atoms with E-state index in [2.05, 4.69) is 4.98 Å². The van der Waals surface area contributed by atoms with Gasteiger partial charge in [0.2, 0.25) is 0 Å².